The molecule has 9 heteroatoms. The van der Waals surface area contributed by atoms with Gasteiger partial charge in [-0.05, 0) is 13.8 Å². The van der Waals surface area contributed by atoms with Crippen LogP contribution in [-0.2, 0) is 14.2 Å². The molecular formula is C12H22O9. The molecule has 2 aliphatic rings. The van der Waals surface area contributed by atoms with E-state index in [9.17, 15) is 30.6 Å². The minimum Gasteiger partial charge on any atom is -0.388 e. The number of aliphatic hydroxyl groups excluding tert-OH is 6. The highest BCUT2D eigenvalue weighted by Gasteiger charge is 2.48. The van der Waals surface area contributed by atoms with Crippen molar-refractivity contribution in [2.24, 2.45) is 0 Å². The Balaban J connectivity index is 2.06. The van der Waals surface area contributed by atoms with E-state index < -0.39 is 61.4 Å². The van der Waals surface area contributed by atoms with E-state index in [1.54, 1.807) is 0 Å². The maximum atomic E-state index is 9.91. The zero-order chi connectivity index (χ0) is 15.9. The van der Waals surface area contributed by atoms with E-state index in [2.05, 4.69) is 0 Å². The Morgan fingerprint density at radius 2 is 1.19 bits per heavy atom. The van der Waals surface area contributed by atoms with Crippen LogP contribution in [0.25, 0.3) is 0 Å². The Morgan fingerprint density at radius 1 is 0.667 bits per heavy atom. The number of aliphatic hydroxyl groups is 6. The Bertz CT molecular complexity index is 354. The van der Waals surface area contributed by atoms with Crippen LogP contribution in [0.2, 0.25) is 0 Å². The van der Waals surface area contributed by atoms with Gasteiger partial charge in [0.25, 0.3) is 0 Å². The Hall–Kier alpha value is -0.360. The molecule has 2 heterocycles. The first-order valence-corrected chi connectivity index (χ1v) is 6.78. The van der Waals surface area contributed by atoms with Crippen molar-refractivity contribution in [1.29, 1.82) is 0 Å². The molecule has 10 atom stereocenters. The van der Waals surface area contributed by atoms with Crippen LogP contribution in [0.4, 0.5) is 0 Å². The quantitative estimate of drug-likeness (QED) is 0.308. The predicted molar refractivity (Wildman–Crippen MR) is 65.8 cm³/mol. The predicted octanol–water partition coefficient (Wildman–Crippen LogP) is -3.34. The van der Waals surface area contributed by atoms with Gasteiger partial charge in [-0.15, -0.1) is 0 Å². The van der Waals surface area contributed by atoms with Crippen LogP contribution >= 0.6 is 0 Å². The second-order valence-corrected chi connectivity index (χ2v) is 5.50. The molecule has 0 bridgehead atoms. The van der Waals surface area contributed by atoms with E-state index in [1.165, 1.54) is 13.8 Å². The van der Waals surface area contributed by atoms with E-state index in [0.29, 0.717) is 0 Å². The molecule has 0 unspecified atom stereocenters. The van der Waals surface area contributed by atoms with Crippen LogP contribution in [0.15, 0.2) is 0 Å². The minimum atomic E-state index is -1.58. The number of hydrogen-bond acceptors (Lipinski definition) is 9. The van der Waals surface area contributed by atoms with Crippen molar-refractivity contribution >= 4 is 0 Å². The fourth-order valence-corrected chi connectivity index (χ4v) is 2.45. The molecule has 0 radical (unpaired) electrons. The van der Waals surface area contributed by atoms with Gasteiger partial charge in [-0.25, -0.2) is 0 Å². The van der Waals surface area contributed by atoms with E-state index in [1.807, 2.05) is 0 Å². The highest BCUT2D eigenvalue weighted by Crippen LogP contribution is 2.28. The Morgan fingerprint density at radius 3 is 1.81 bits per heavy atom. The zero-order valence-electron chi connectivity index (χ0n) is 11.7. The summed E-state index contributed by atoms with van der Waals surface area (Å²) in [6, 6.07) is 0. The van der Waals surface area contributed by atoms with Gasteiger partial charge in [0.15, 0.2) is 12.6 Å². The van der Waals surface area contributed by atoms with Crippen LogP contribution in [0.3, 0.4) is 0 Å². The summed E-state index contributed by atoms with van der Waals surface area (Å²) in [5.41, 5.74) is 0. The van der Waals surface area contributed by atoms with Crippen LogP contribution < -0.4 is 0 Å². The van der Waals surface area contributed by atoms with Gasteiger partial charge < -0.3 is 44.8 Å². The molecule has 0 aromatic rings. The highest BCUT2D eigenvalue weighted by atomic mass is 16.7. The molecule has 2 rings (SSSR count). The molecule has 0 aromatic heterocycles. The first-order chi connectivity index (χ1) is 9.73. The fraction of sp³-hybridized carbons (Fsp3) is 1.00. The summed E-state index contributed by atoms with van der Waals surface area (Å²) < 4.78 is 15.5. The van der Waals surface area contributed by atoms with E-state index >= 15 is 0 Å². The maximum absolute atomic E-state index is 9.91. The standard InChI is InChI=1S/C12H22O9/c1-3-6(14)8(16)10(11(18)19-3)21-12-9(17)7(15)5(13)4(2)20-12/h3-18H,1-2H3/t3-,4-,5-,6-,7+,8+,9+,10+,11-,12-/m0/s1. The first kappa shape index (κ1) is 17.0. The molecule has 124 valence electrons. The summed E-state index contributed by atoms with van der Waals surface area (Å²) in [5, 5.41) is 58.5. The van der Waals surface area contributed by atoms with Crippen molar-refractivity contribution in [1.82, 2.24) is 0 Å². The van der Waals surface area contributed by atoms with Crippen molar-refractivity contribution in [2.75, 3.05) is 0 Å². The van der Waals surface area contributed by atoms with Gasteiger partial charge in [0.05, 0.1) is 12.2 Å². The van der Waals surface area contributed by atoms with Crippen LogP contribution in [0.5, 0.6) is 0 Å². The van der Waals surface area contributed by atoms with Gasteiger partial charge in [0.1, 0.15) is 36.6 Å². The molecule has 0 aliphatic carbocycles. The van der Waals surface area contributed by atoms with Gasteiger partial charge in [-0.2, -0.15) is 0 Å². The molecule has 0 amide bonds. The van der Waals surface area contributed by atoms with E-state index in [4.69, 9.17) is 14.2 Å². The topological polar surface area (TPSA) is 149 Å². The van der Waals surface area contributed by atoms with Crippen molar-refractivity contribution < 1.29 is 44.8 Å². The van der Waals surface area contributed by atoms with Crippen LogP contribution in [-0.4, -0.2) is 92.1 Å². The lowest BCUT2D eigenvalue weighted by Gasteiger charge is -2.44. The molecule has 6 N–H and O–H groups in total. The average Bonchev–Trinajstić information content (AvgIpc) is 2.44. The van der Waals surface area contributed by atoms with Crippen molar-refractivity contribution in [3.63, 3.8) is 0 Å². The van der Waals surface area contributed by atoms with Gasteiger partial charge in [-0.3, -0.25) is 0 Å². The largest absolute Gasteiger partial charge is 0.388 e. The summed E-state index contributed by atoms with van der Waals surface area (Å²) in [6.07, 6.45) is -13.0. The lowest BCUT2D eigenvalue weighted by atomic mass is 9.98. The SMILES string of the molecule is C[C@@H]1O[C@@H](O[C@@H]2[C@H](O)[C@@H](O)[C@H](C)O[C@@H]2O)[C@H](O)[C@H](O)[C@H]1O. The maximum Gasteiger partial charge on any atom is 0.187 e. The molecular weight excluding hydrogens is 288 g/mol. The van der Waals surface area contributed by atoms with Gasteiger partial charge in [-0.1, -0.05) is 0 Å². The fourth-order valence-electron chi connectivity index (χ4n) is 2.45. The number of hydrogen-bond donors (Lipinski definition) is 6. The molecule has 2 saturated heterocycles. The molecule has 2 fully saturated rings. The monoisotopic (exact) mass is 310 g/mol. The molecule has 2 aliphatic heterocycles. The smallest absolute Gasteiger partial charge is 0.187 e. The normalized spacial score (nSPS) is 55.4. The van der Waals surface area contributed by atoms with Gasteiger partial charge in [0.2, 0.25) is 0 Å². The van der Waals surface area contributed by atoms with Crippen molar-refractivity contribution in [2.45, 2.75) is 75.3 Å². The number of rotatable bonds is 2. The Labute approximate surface area is 121 Å². The summed E-state index contributed by atoms with van der Waals surface area (Å²) in [4.78, 5) is 0. The molecule has 0 spiro atoms. The summed E-state index contributed by atoms with van der Waals surface area (Å²) in [5.74, 6) is 0. The third-order valence-corrected chi connectivity index (χ3v) is 3.90. The Kier molecular flexibility index (Phi) is 5.19. The lowest BCUT2D eigenvalue weighted by Crippen LogP contribution is -2.62. The third-order valence-electron chi connectivity index (χ3n) is 3.90. The zero-order valence-corrected chi connectivity index (χ0v) is 11.7. The minimum absolute atomic E-state index is 0.793. The lowest BCUT2D eigenvalue weighted by molar-refractivity contribution is -0.356. The van der Waals surface area contributed by atoms with Crippen LogP contribution in [0.1, 0.15) is 13.8 Å². The van der Waals surface area contributed by atoms with Gasteiger partial charge >= 0.3 is 0 Å². The van der Waals surface area contributed by atoms with Crippen molar-refractivity contribution in [3.8, 4) is 0 Å². The van der Waals surface area contributed by atoms with Gasteiger partial charge in [0, 0.05) is 0 Å². The molecule has 21 heavy (non-hydrogen) atoms. The highest BCUT2D eigenvalue weighted by molar-refractivity contribution is 4.91. The second kappa shape index (κ2) is 6.41. The molecule has 9 nitrogen and oxygen atoms in total. The first-order valence-electron chi connectivity index (χ1n) is 6.78. The average molecular weight is 310 g/mol. The second-order valence-electron chi connectivity index (χ2n) is 5.50. The summed E-state index contributed by atoms with van der Waals surface area (Å²) in [6.45, 7) is 2.94. The van der Waals surface area contributed by atoms with Crippen LogP contribution in [0, 0.1) is 0 Å². The summed E-state index contributed by atoms with van der Waals surface area (Å²) in [7, 11) is 0. The van der Waals surface area contributed by atoms with E-state index in [-0.39, 0.29) is 0 Å². The number of ether oxygens (including phenoxy) is 3. The molecule has 0 saturated carbocycles. The molecule has 0 aromatic carbocycles. The van der Waals surface area contributed by atoms with Crippen molar-refractivity contribution in [3.05, 3.63) is 0 Å². The third kappa shape index (κ3) is 3.21. The summed E-state index contributed by atoms with van der Waals surface area (Å²) >= 11 is 0. The van der Waals surface area contributed by atoms with E-state index in [0.717, 1.165) is 0 Å².